The SMILES string of the molecule is CCn1ncc(Cl)c1CN(C)C(=O)c1cnn2c(C(F)(F)F)cc(C3CC3)nc12. The van der Waals surface area contributed by atoms with Gasteiger partial charge >= 0.3 is 6.18 Å². The van der Waals surface area contributed by atoms with Crippen LogP contribution in [0.3, 0.4) is 0 Å². The van der Waals surface area contributed by atoms with E-state index in [-0.39, 0.29) is 23.7 Å². The molecule has 1 fully saturated rings. The molecule has 3 aromatic rings. The highest BCUT2D eigenvalue weighted by Crippen LogP contribution is 2.41. The molecule has 0 saturated heterocycles. The van der Waals surface area contributed by atoms with Crippen LogP contribution in [0.15, 0.2) is 18.5 Å². The van der Waals surface area contributed by atoms with Gasteiger partial charge in [0.15, 0.2) is 5.65 Å². The van der Waals surface area contributed by atoms with E-state index in [9.17, 15) is 18.0 Å². The molecule has 0 bridgehead atoms. The molecule has 7 nitrogen and oxygen atoms in total. The van der Waals surface area contributed by atoms with Gasteiger partial charge in [-0.3, -0.25) is 9.48 Å². The Morgan fingerprint density at radius 1 is 1.31 bits per heavy atom. The number of alkyl halides is 3. The fourth-order valence-corrected chi connectivity index (χ4v) is 3.44. The van der Waals surface area contributed by atoms with Crippen LogP contribution in [-0.4, -0.2) is 42.2 Å². The zero-order chi connectivity index (χ0) is 20.9. The van der Waals surface area contributed by atoms with Gasteiger partial charge in [-0.25, -0.2) is 9.50 Å². The number of nitrogens with zero attached hydrogens (tertiary/aromatic N) is 6. The Morgan fingerprint density at radius 2 is 2.03 bits per heavy atom. The van der Waals surface area contributed by atoms with Crippen molar-refractivity contribution >= 4 is 23.2 Å². The molecule has 0 unspecified atom stereocenters. The molecule has 0 aromatic carbocycles. The minimum Gasteiger partial charge on any atom is -0.336 e. The molecule has 29 heavy (non-hydrogen) atoms. The second kappa shape index (κ2) is 7.01. The van der Waals surface area contributed by atoms with Crippen LogP contribution in [0.2, 0.25) is 5.02 Å². The van der Waals surface area contributed by atoms with E-state index in [1.165, 1.54) is 11.1 Å². The summed E-state index contributed by atoms with van der Waals surface area (Å²) >= 11 is 6.15. The van der Waals surface area contributed by atoms with E-state index in [1.54, 1.807) is 11.7 Å². The summed E-state index contributed by atoms with van der Waals surface area (Å²) in [5.41, 5.74) is -0.0238. The molecule has 154 valence electrons. The Bertz CT molecular complexity index is 1090. The van der Waals surface area contributed by atoms with Gasteiger partial charge in [-0.15, -0.1) is 0 Å². The monoisotopic (exact) mass is 426 g/mol. The zero-order valence-corrected chi connectivity index (χ0v) is 16.5. The number of halogens is 4. The lowest BCUT2D eigenvalue weighted by atomic mass is 10.2. The maximum Gasteiger partial charge on any atom is 0.433 e. The van der Waals surface area contributed by atoms with Crippen LogP contribution in [0.4, 0.5) is 13.2 Å². The van der Waals surface area contributed by atoms with Gasteiger partial charge in [0.05, 0.1) is 29.7 Å². The van der Waals surface area contributed by atoms with Gasteiger partial charge in [-0.1, -0.05) is 11.6 Å². The van der Waals surface area contributed by atoms with Gasteiger partial charge in [0.25, 0.3) is 5.91 Å². The molecule has 1 aliphatic carbocycles. The first-order chi connectivity index (χ1) is 13.7. The molecule has 0 atom stereocenters. The highest BCUT2D eigenvalue weighted by atomic mass is 35.5. The minimum absolute atomic E-state index is 0.00519. The fraction of sp³-hybridized carbons (Fsp3) is 0.444. The van der Waals surface area contributed by atoms with Gasteiger partial charge in [0.1, 0.15) is 11.3 Å². The first-order valence-electron chi connectivity index (χ1n) is 9.12. The molecule has 1 saturated carbocycles. The molecule has 0 spiro atoms. The average molecular weight is 427 g/mol. The smallest absolute Gasteiger partial charge is 0.336 e. The number of hydrogen-bond donors (Lipinski definition) is 0. The first kappa shape index (κ1) is 19.7. The molecule has 0 radical (unpaired) electrons. The van der Waals surface area contributed by atoms with Crippen molar-refractivity contribution in [2.24, 2.45) is 0 Å². The Kier molecular flexibility index (Phi) is 4.76. The van der Waals surface area contributed by atoms with Crippen LogP contribution in [0.25, 0.3) is 5.65 Å². The third-order valence-corrected chi connectivity index (χ3v) is 5.25. The molecular formula is C18H18ClF3N6O. The largest absolute Gasteiger partial charge is 0.433 e. The summed E-state index contributed by atoms with van der Waals surface area (Å²) in [6.07, 6.45) is -0.405. The van der Waals surface area contributed by atoms with E-state index < -0.39 is 17.8 Å². The van der Waals surface area contributed by atoms with E-state index in [0.29, 0.717) is 27.5 Å². The van der Waals surface area contributed by atoms with Gasteiger partial charge in [0, 0.05) is 25.2 Å². The van der Waals surface area contributed by atoms with E-state index in [1.807, 2.05) is 6.92 Å². The van der Waals surface area contributed by atoms with Crippen LogP contribution >= 0.6 is 11.6 Å². The van der Waals surface area contributed by atoms with E-state index in [0.717, 1.165) is 25.1 Å². The highest BCUT2D eigenvalue weighted by Gasteiger charge is 2.38. The summed E-state index contributed by atoms with van der Waals surface area (Å²) in [5, 5.41) is 8.35. The third kappa shape index (κ3) is 3.57. The van der Waals surface area contributed by atoms with Crippen molar-refractivity contribution in [3.05, 3.63) is 46.1 Å². The number of carbonyl (C=O) groups is 1. The molecule has 0 aliphatic heterocycles. The van der Waals surface area contributed by atoms with Crippen molar-refractivity contribution in [1.29, 1.82) is 0 Å². The number of amides is 1. The van der Waals surface area contributed by atoms with Crippen LogP contribution in [0.5, 0.6) is 0 Å². The number of hydrogen-bond acceptors (Lipinski definition) is 4. The number of carbonyl (C=O) groups excluding carboxylic acids is 1. The summed E-state index contributed by atoms with van der Waals surface area (Å²) in [5.74, 6) is -0.497. The number of rotatable bonds is 5. The standard InChI is InChI=1S/C18H18ClF3N6O/c1-3-27-14(12(19)8-23-27)9-26(2)17(29)11-7-24-28-15(18(20,21)22)6-13(10-4-5-10)25-16(11)28/h6-8,10H,3-5,9H2,1-2H3. The lowest BCUT2D eigenvalue weighted by Gasteiger charge is -2.18. The quantitative estimate of drug-likeness (QED) is 0.623. The molecule has 11 heteroatoms. The van der Waals surface area contributed by atoms with E-state index in [4.69, 9.17) is 11.6 Å². The van der Waals surface area contributed by atoms with Gasteiger partial charge in [0.2, 0.25) is 0 Å². The number of aromatic nitrogens is 5. The van der Waals surface area contributed by atoms with Gasteiger partial charge in [-0.05, 0) is 25.8 Å². The first-order valence-corrected chi connectivity index (χ1v) is 9.50. The predicted octanol–water partition coefficient (Wildman–Crippen LogP) is 3.77. The average Bonchev–Trinajstić information content (AvgIpc) is 3.35. The lowest BCUT2D eigenvalue weighted by molar-refractivity contribution is -0.142. The predicted molar refractivity (Wildman–Crippen MR) is 98.7 cm³/mol. The Labute approximate surface area is 169 Å². The highest BCUT2D eigenvalue weighted by molar-refractivity contribution is 6.31. The molecule has 3 aromatic heterocycles. The van der Waals surface area contributed by atoms with Crippen molar-refractivity contribution in [3.63, 3.8) is 0 Å². The van der Waals surface area contributed by atoms with Gasteiger partial charge in [-0.2, -0.15) is 23.4 Å². The van der Waals surface area contributed by atoms with Crippen molar-refractivity contribution in [2.75, 3.05) is 7.05 Å². The maximum atomic E-state index is 13.5. The Morgan fingerprint density at radius 3 is 2.66 bits per heavy atom. The van der Waals surface area contributed by atoms with E-state index in [2.05, 4.69) is 15.2 Å². The van der Waals surface area contributed by atoms with Crippen molar-refractivity contribution in [3.8, 4) is 0 Å². The second-order valence-corrected chi connectivity index (χ2v) is 7.46. The summed E-state index contributed by atoms with van der Waals surface area (Å²) in [6.45, 7) is 2.61. The molecule has 1 aliphatic rings. The Hall–Kier alpha value is -2.62. The van der Waals surface area contributed by atoms with E-state index >= 15 is 0 Å². The topological polar surface area (TPSA) is 68.3 Å². The summed E-state index contributed by atoms with van der Waals surface area (Å²) in [7, 11) is 1.55. The zero-order valence-electron chi connectivity index (χ0n) is 15.7. The van der Waals surface area contributed by atoms with Crippen LogP contribution in [0, 0.1) is 0 Å². The Balaban J connectivity index is 1.72. The molecule has 1 amide bonds. The summed E-state index contributed by atoms with van der Waals surface area (Å²) < 4.78 is 42.9. The minimum atomic E-state index is -4.61. The number of fused-ring (bicyclic) bond motifs is 1. The summed E-state index contributed by atoms with van der Waals surface area (Å²) in [6, 6.07) is 1.02. The summed E-state index contributed by atoms with van der Waals surface area (Å²) in [4.78, 5) is 18.7. The van der Waals surface area contributed by atoms with Gasteiger partial charge < -0.3 is 4.90 Å². The third-order valence-electron chi connectivity index (χ3n) is 4.94. The number of aryl methyl sites for hydroxylation is 1. The lowest BCUT2D eigenvalue weighted by Crippen LogP contribution is -2.28. The second-order valence-electron chi connectivity index (χ2n) is 7.05. The molecule has 4 rings (SSSR count). The normalized spacial score (nSPS) is 14.6. The molecular weight excluding hydrogens is 409 g/mol. The van der Waals surface area contributed by atoms with Crippen molar-refractivity contribution in [2.45, 2.75) is 44.9 Å². The van der Waals surface area contributed by atoms with Crippen molar-refractivity contribution in [1.82, 2.24) is 29.3 Å². The molecule has 3 heterocycles. The van der Waals surface area contributed by atoms with Crippen LogP contribution < -0.4 is 0 Å². The fourth-order valence-electron chi connectivity index (χ4n) is 3.24. The van der Waals surface area contributed by atoms with Crippen molar-refractivity contribution < 1.29 is 18.0 Å². The van der Waals surface area contributed by atoms with Crippen LogP contribution in [0.1, 0.15) is 53.1 Å². The molecule has 0 N–H and O–H groups in total. The maximum absolute atomic E-state index is 13.5. The van der Waals surface area contributed by atoms with Crippen LogP contribution in [-0.2, 0) is 19.3 Å².